The van der Waals surface area contributed by atoms with E-state index in [9.17, 15) is 22.8 Å². The van der Waals surface area contributed by atoms with Crippen LogP contribution in [0.4, 0.5) is 13.2 Å². The van der Waals surface area contributed by atoms with Gasteiger partial charge in [-0.1, -0.05) is 0 Å². The summed E-state index contributed by atoms with van der Waals surface area (Å²) in [5.41, 5.74) is 1.88. The number of carbonyl (C=O) groups excluding carboxylic acids is 2. The van der Waals surface area contributed by atoms with E-state index in [1.54, 1.807) is 6.07 Å². The van der Waals surface area contributed by atoms with Crippen LogP contribution >= 0.6 is 0 Å². The monoisotopic (exact) mass is 403 g/mol. The van der Waals surface area contributed by atoms with E-state index in [1.807, 2.05) is 0 Å². The molecule has 148 valence electrons. The molecule has 0 bridgehead atoms. The van der Waals surface area contributed by atoms with Crippen LogP contribution in [0.3, 0.4) is 0 Å². The molecule has 4 rings (SSSR count). The van der Waals surface area contributed by atoms with Gasteiger partial charge in [0.1, 0.15) is 6.33 Å². The van der Waals surface area contributed by atoms with E-state index in [0.717, 1.165) is 4.73 Å². The SMILES string of the molecule is O=C1NCCc2c1cc(-c1ccnc(-c3cncnc3)c1)n2OC(=O)C(F)(F)F. The molecule has 0 aromatic carbocycles. The van der Waals surface area contributed by atoms with Crippen molar-refractivity contribution in [1.82, 2.24) is 25.0 Å². The number of rotatable bonds is 3. The van der Waals surface area contributed by atoms with Crippen LogP contribution in [0.15, 0.2) is 43.1 Å². The molecule has 1 aliphatic heterocycles. The zero-order valence-electron chi connectivity index (χ0n) is 14.6. The maximum atomic E-state index is 12.8. The molecule has 1 N–H and O–H groups in total. The van der Waals surface area contributed by atoms with Crippen LogP contribution in [0.25, 0.3) is 22.5 Å². The zero-order chi connectivity index (χ0) is 20.6. The molecule has 3 aromatic heterocycles. The lowest BCUT2D eigenvalue weighted by molar-refractivity contribution is -0.199. The van der Waals surface area contributed by atoms with Crippen molar-refractivity contribution in [2.45, 2.75) is 12.6 Å². The predicted octanol–water partition coefficient (Wildman–Crippen LogP) is 1.81. The quantitative estimate of drug-likeness (QED) is 0.716. The van der Waals surface area contributed by atoms with Gasteiger partial charge in [-0.25, -0.2) is 14.8 Å². The van der Waals surface area contributed by atoms with Gasteiger partial charge in [-0.3, -0.25) is 9.78 Å². The van der Waals surface area contributed by atoms with Crippen molar-refractivity contribution in [2.24, 2.45) is 0 Å². The van der Waals surface area contributed by atoms with Crippen LogP contribution in [0.1, 0.15) is 16.1 Å². The van der Waals surface area contributed by atoms with Crippen LogP contribution in [0.2, 0.25) is 0 Å². The molecular formula is C18H12F3N5O3. The van der Waals surface area contributed by atoms with Gasteiger partial charge in [0.25, 0.3) is 5.91 Å². The molecule has 8 nitrogen and oxygen atoms in total. The fourth-order valence-corrected chi connectivity index (χ4v) is 2.97. The van der Waals surface area contributed by atoms with Crippen molar-refractivity contribution in [1.29, 1.82) is 0 Å². The third kappa shape index (κ3) is 3.53. The zero-order valence-corrected chi connectivity index (χ0v) is 14.6. The van der Waals surface area contributed by atoms with Gasteiger partial charge in [-0.2, -0.15) is 17.9 Å². The van der Waals surface area contributed by atoms with Crippen LogP contribution in [0.5, 0.6) is 0 Å². The normalized spacial score (nSPS) is 13.6. The number of hydrogen-bond acceptors (Lipinski definition) is 6. The second-order valence-corrected chi connectivity index (χ2v) is 6.12. The van der Waals surface area contributed by atoms with Gasteiger partial charge in [-0.15, -0.1) is 0 Å². The fraction of sp³-hybridized carbons (Fsp3) is 0.167. The van der Waals surface area contributed by atoms with Gasteiger partial charge < -0.3 is 10.2 Å². The molecule has 0 spiro atoms. The summed E-state index contributed by atoms with van der Waals surface area (Å²) in [5.74, 6) is -2.84. The maximum absolute atomic E-state index is 12.8. The summed E-state index contributed by atoms with van der Waals surface area (Å²) >= 11 is 0. The lowest BCUT2D eigenvalue weighted by Crippen LogP contribution is -2.37. The number of aromatic nitrogens is 4. The number of hydrogen-bond donors (Lipinski definition) is 1. The first-order valence-corrected chi connectivity index (χ1v) is 8.38. The Morgan fingerprint density at radius 1 is 1.17 bits per heavy atom. The highest BCUT2D eigenvalue weighted by molar-refractivity contribution is 5.98. The first-order valence-electron chi connectivity index (χ1n) is 8.38. The molecule has 3 aromatic rings. The van der Waals surface area contributed by atoms with Crippen molar-refractivity contribution in [3.63, 3.8) is 0 Å². The summed E-state index contributed by atoms with van der Waals surface area (Å²) in [6.45, 7) is 0.210. The van der Waals surface area contributed by atoms with Gasteiger partial charge in [0.15, 0.2) is 0 Å². The van der Waals surface area contributed by atoms with Crippen molar-refractivity contribution in [2.75, 3.05) is 6.54 Å². The Labute approximate surface area is 161 Å². The summed E-state index contributed by atoms with van der Waals surface area (Å²) in [6, 6.07) is 4.49. The Morgan fingerprint density at radius 3 is 2.66 bits per heavy atom. The Hall–Kier alpha value is -3.76. The van der Waals surface area contributed by atoms with Crippen molar-refractivity contribution < 1.29 is 27.6 Å². The molecule has 0 fully saturated rings. The highest BCUT2D eigenvalue weighted by Gasteiger charge is 2.43. The molecule has 1 amide bonds. The number of alkyl halides is 3. The molecule has 0 saturated carbocycles. The van der Waals surface area contributed by atoms with E-state index in [4.69, 9.17) is 0 Å². The molecule has 0 unspecified atom stereocenters. The maximum Gasteiger partial charge on any atom is 0.493 e. The molecule has 0 saturated heterocycles. The summed E-state index contributed by atoms with van der Waals surface area (Å²) in [6.07, 6.45) is 0.870. The first-order chi connectivity index (χ1) is 13.8. The average Bonchev–Trinajstić information content (AvgIpc) is 3.08. The lowest BCUT2D eigenvalue weighted by Gasteiger charge is -2.17. The van der Waals surface area contributed by atoms with Crippen LogP contribution in [0, 0.1) is 0 Å². The predicted molar refractivity (Wildman–Crippen MR) is 92.4 cm³/mol. The molecule has 11 heteroatoms. The topological polar surface area (TPSA) is 99.0 Å². The van der Waals surface area contributed by atoms with E-state index in [1.165, 1.54) is 37.1 Å². The number of carbonyl (C=O) groups is 2. The van der Waals surface area contributed by atoms with Gasteiger partial charge in [0.05, 0.1) is 22.6 Å². The van der Waals surface area contributed by atoms with E-state index in [-0.39, 0.29) is 29.9 Å². The van der Waals surface area contributed by atoms with Crippen LogP contribution in [-0.2, 0) is 11.2 Å². The number of halogens is 3. The third-order valence-corrected chi connectivity index (χ3v) is 4.27. The minimum atomic E-state index is -5.18. The second kappa shape index (κ2) is 7.00. The fourth-order valence-electron chi connectivity index (χ4n) is 2.97. The van der Waals surface area contributed by atoms with Crippen LogP contribution < -0.4 is 10.2 Å². The first kappa shape index (κ1) is 18.6. The highest BCUT2D eigenvalue weighted by Crippen LogP contribution is 2.30. The summed E-state index contributed by atoms with van der Waals surface area (Å²) in [7, 11) is 0. The number of nitrogens with one attached hydrogen (secondary N) is 1. The molecular weight excluding hydrogens is 391 g/mol. The van der Waals surface area contributed by atoms with Gasteiger partial charge in [0.2, 0.25) is 0 Å². The van der Waals surface area contributed by atoms with Crippen molar-refractivity contribution in [3.8, 4) is 22.5 Å². The van der Waals surface area contributed by atoms with E-state index in [2.05, 4.69) is 25.1 Å². The molecule has 0 atom stereocenters. The lowest BCUT2D eigenvalue weighted by atomic mass is 10.1. The van der Waals surface area contributed by atoms with E-state index >= 15 is 0 Å². The Kier molecular flexibility index (Phi) is 4.49. The standard InChI is InChI=1S/C18H12F3N5O3/c19-18(20,21)17(28)29-26-14-2-4-25-16(27)12(14)6-15(26)10-1-3-24-13(5-10)11-7-22-9-23-8-11/h1,3,5-9H,2,4H2,(H,25,27). The van der Waals surface area contributed by atoms with Gasteiger partial charge in [-0.05, 0) is 18.2 Å². The Morgan fingerprint density at radius 2 is 1.93 bits per heavy atom. The number of fused-ring (bicyclic) bond motifs is 1. The summed E-state index contributed by atoms with van der Waals surface area (Å²) in [5, 5.41) is 2.61. The average molecular weight is 403 g/mol. The number of pyridine rings is 1. The molecule has 0 aliphatic carbocycles. The van der Waals surface area contributed by atoms with Gasteiger partial charge in [0, 0.05) is 42.7 Å². The smallest absolute Gasteiger partial charge is 0.352 e. The molecule has 0 radical (unpaired) electrons. The molecule has 29 heavy (non-hydrogen) atoms. The Balaban J connectivity index is 1.83. The molecule has 1 aliphatic rings. The number of nitrogens with zero attached hydrogens (tertiary/aromatic N) is 4. The summed E-state index contributed by atoms with van der Waals surface area (Å²) < 4.78 is 39.1. The minimum absolute atomic E-state index is 0.116. The summed E-state index contributed by atoms with van der Waals surface area (Å²) in [4.78, 5) is 40.3. The van der Waals surface area contributed by atoms with Crippen molar-refractivity contribution in [3.05, 3.63) is 54.4 Å². The van der Waals surface area contributed by atoms with Crippen LogP contribution in [-0.4, -0.2) is 44.3 Å². The Bertz CT molecular complexity index is 1100. The largest absolute Gasteiger partial charge is 0.493 e. The highest BCUT2D eigenvalue weighted by atomic mass is 19.4. The van der Waals surface area contributed by atoms with Crippen molar-refractivity contribution >= 4 is 11.9 Å². The second-order valence-electron chi connectivity index (χ2n) is 6.12. The third-order valence-electron chi connectivity index (χ3n) is 4.27. The van der Waals surface area contributed by atoms with E-state index in [0.29, 0.717) is 16.8 Å². The number of amides is 1. The van der Waals surface area contributed by atoms with E-state index < -0.39 is 18.1 Å². The molecule has 4 heterocycles. The van der Waals surface area contributed by atoms with Gasteiger partial charge >= 0.3 is 12.1 Å². The minimum Gasteiger partial charge on any atom is -0.352 e.